The van der Waals surface area contributed by atoms with Crippen molar-refractivity contribution in [2.24, 2.45) is 11.8 Å². The fraction of sp³-hybridized carbons (Fsp3) is 0.615. The Hall–Kier alpha value is -3.17. The number of rotatable bonds is 8. The highest BCUT2D eigenvalue weighted by atomic mass is 19.1. The van der Waals surface area contributed by atoms with Gasteiger partial charge in [-0.05, 0) is 56.4 Å². The number of carbonyl (C=O) groups excluding carboxylic acids is 4. The zero-order valence-corrected chi connectivity index (χ0v) is 20.8. The molecule has 0 aromatic heterocycles. The predicted octanol–water partition coefficient (Wildman–Crippen LogP) is 2.54. The Morgan fingerprint density at radius 1 is 1.03 bits per heavy atom. The van der Waals surface area contributed by atoms with E-state index in [9.17, 15) is 23.6 Å². The van der Waals surface area contributed by atoms with Gasteiger partial charge in [-0.3, -0.25) is 19.3 Å². The van der Waals surface area contributed by atoms with Crippen molar-refractivity contribution >= 4 is 29.5 Å². The van der Waals surface area contributed by atoms with Crippen molar-refractivity contribution in [1.29, 1.82) is 0 Å². The fourth-order valence-corrected chi connectivity index (χ4v) is 5.50. The molecular formula is C26H35FN4O5. The minimum absolute atomic E-state index is 0.116. The minimum Gasteiger partial charge on any atom is -0.469 e. The van der Waals surface area contributed by atoms with Crippen molar-refractivity contribution in [3.05, 3.63) is 30.1 Å². The van der Waals surface area contributed by atoms with Gasteiger partial charge in [0.25, 0.3) is 0 Å². The number of piperazine rings is 1. The molecule has 2 saturated heterocycles. The maximum absolute atomic E-state index is 13.1. The third-order valence-corrected chi connectivity index (χ3v) is 7.62. The zero-order chi connectivity index (χ0) is 25.7. The Bertz CT molecular complexity index is 964. The molecule has 4 amide bonds. The summed E-state index contributed by atoms with van der Waals surface area (Å²) < 4.78 is 17.9. The second-order valence-electron chi connectivity index (χ2n) is 9.84. The van der Waals surface area contributed by atoms with E-state index in [2.05, 4.69) is 10.2 Å². The van der Waals surface area contributed by atoms with Gasteiger partial charge in [-0.25, -0.2) is 9.18 Å². The van der Waals surface area contributed by atoms with Gasteiger partial charge in [-0.1, -0.05) is 6.42 Å². The number of esters is 1. The van der Waals surface area contributed by atoms with Crippen molar-refractivity contribution in [1.82, 2.24) is 15.1 Å². The summed E-state index contributed by atoms with van der Waals surface area (Å²) in [5.74, 6) is -1.17. The topological polar surface area (TPSA) is 99.3 Å². The lowest BCUT2D eigenvalue weighted by molar-refractivity contribution is -0.149. The Morgan fingerprint density at radius 2 is 1.75 bits per heavy atom. The molecule has 1 saturated carbocycles. The van der Waals surface area contributed by atoms with Crippen LogP contribution in [0.15, 0.2) is 24.3 Å². The number of nitrogens with one attached hydrogen (secondary N) is 1. The Balaban J connectivity index is 1.14. The highest BCUT2D eigenvalue weighted by molar-refractivity contribution is 5.98. The van der Waals surface area contributed by atoms with E-state index in [0.717, 1.165) is 12.1 Å². The zero-order valence-electron chi connectivity index (χ0n) is 20.8. The number of amides is 4. The van der Waals surface area contributed by atoms with E-state index in [4.69, 9.17) is 4.74 Å². The summed E-state index contributed by atoms with van der Waals surface area (Å²) >= 11 is 0. The number of imide groups is 1. The van der Waals surface area contributed by atoms with Crippen LogP contribution < -0.4 is 10.2 Å². The van der Waals surface area contributed by atoms with Crippen LogP contribution in [0, 0.1) is 17.7 Å². The van der Waals surface area contributed by atoms with E-state index in [1.807, 2.05) is 4.90 Å². The number of hydrogen-bond acceptors (Lipinski definition) is 6. The van der Waals surface area contributed by atoms with E-state index < -0.39 is 6.03 Å². The van der Waals surface area contributed by atoms with Crippen LogP contribution in [0.1, 0.15) is 44.9 Å². The van der Waals surface area contributed by atoms with E-state index in [1.165, 1.54) is 24.1 Å². The minimum atomic E-state index is -0.401. The molecule has 2 aliphatic heterocycles. The monoisotopic (exact) mass is 502 g/mol. The second kappa shape index (κ2) is 11.7. The lowest BCUT2D eigenvalue weighted by atomic mass is 9.76. The number of anilines is 1. The van der Waals surface area contributed by atoms with Gasteiger partial charge >= 0.3 is 12.0 Å². The molecule has 3 aliphatic rings. The van der Waals surface area contributed by atoms with Crippen LogP contribution >= 0.6 is 0 Å². The smallest absolute Gasteiger partial charge is 0.324 e. The number of ether oxygens (including phenoxy) is 1. The maximum atomic E-state index is 13.1. The summed E-state index contributed by atoms with van der Waals surface area (Å²) in [7, 11) is 1.35. The highest BCUT2D eigenvalue weighted by Gasteiger charge is 2.45. The maximum Gasteiger partial charge on any atom is 0.324 e. The SMILES string of the molecule is COC(=O)C1CCC2C(=O)N(CCCCCC(=O)N3CCN(c4ccc(F)cc4)CC3)C(=O)NC2C1. The fourth-order valence-electron chi connectivity index (χ4n) is 5.50. The van der Waals surface area contributed by atoms with Crippen LogP contribution in [0.3, 0.4) is 0 Å². The van der Waals surface area contributed by atoms with Gasteiger partial charge in [0.05, 0.1) is 18.9 Å². The lowest BCUT2D eigenvalue weighted by Crippen LogP contribution is -2.61. The molecule has 196 valence electrons. The number of halogens is 1. The number of urea groups is 1. The molecule has 2 heterocycles. The molecule has 10 heteroatoms. The first-order valence-corrected chi connectivity index (χ1v) is 12.9. The highest BCUT2D eigenvalue weighted by Crippen LogP contribution is 2.33. The summed E-state index contributed by atoms with van der Waals surface area (Å²) in [5, 5.41) is 2.90. The van der Waals surface area contributed by atoms with Crippen LogP contribution in [0.25, 0.3) is 0 Å². The van der Waals surface area contributed by atoms with E-state index in [-0.39, 0.29) is 41.5 Å². The number of nitrogens with zero attached hydrogens (tertiary/aromatic N) is 3. The van der Waals surface area contributed by atoms with Crippen molar-refractivity contribution < 1.29 is 28.3 Å². The second-order valence-corrected chi connectivity index (χ2v) is 9.84. The van der Waals surface area contributed by atoms with Gasteiger partial charge in [0.1, 0.15) is 5.82 Å². The third-order valence-electron chi connectivity index (χ3n) is 7.62. The number of unbranched alkanes of at least 4 members (excludes halogenated alkanes) is 2. The normalized spacial score (nSPS) is 24.3. The Morgan fingerprint density at radius 3 is 2.44 bits per heavy atom. The quantitative estimate of drug-likeness (QED) is 0.433. The van der Waals surface area contributed by atoms with Crippen LogP contribution in [0.5, 0.6) is 0 Å². The molecule has 1 aromatic carbocycles. The molecule has 9 nitrogen and oxygen atoms in total. The predicted molar refractivity (Wildman–Crippen MR) is 131 cm³/mol. The number of hydrogen-bond donors (Lipinski definition) is 1. The van der Waals surface area contributed by atoms with Gasteiger partial charge in [-0.2, -0.15) is 0 Å². The molecule has 3 fully saturated rings. The largest absolute Gasteiger partial charge is 0.469 e. The average molecular weight is 503 g/mol. The number of benzene rings is 1. The average Bonchev–Trinajstić information content (AvgIpc) is 2.89. The Kier molecular flexibility index (Phi) is 8.43. The molecule has 1 aromatic rings. The molecule has 36 heavy (non-hydrogen) atoms. The molecule has 4 rings (SSSR count). The Labute approximate surface area is 210 Å². The summed E-state index contributed by atoms with van der Waals surface area (Å²) in [6.45, 7) is 3.03. The lowest BCUT2D eigenvalue weighted by Gasteiger charge is -2.41. The molecular weight excluding hydrogens is 467 g/mol. The first kappa shape index (κ1) is 25.9. The first-order chi connectivity index (χ1) is 17.4. The van der Waals surface area contributed by atoms with E-state index >= 15 is 0 Å². The van der Waals surface area contributed by atoms with Gasteiger partial charge in [-0.15, -0.1) is 0 Å². The van der Waals surface area contributed by atoms with Crippen molar-refractivity contribution in [2.45, 2.75) is 51.0 Å². The molecule has 3 unspecified atom stereocenters. The third kappa shape index (κ3) is 5.96. The summed E-state index contributed by atoms with van der Waals surface area (Å²) in [5.41, 5.74) is 0.961. The van der Waals surface area contributed by atoms with Gasteiger partial charge in [0, 0.05) is 50.9 Å². The van der Waals surface area contributed by atoms with Crippen LogP contribution in [0.4, 0.5) is 14.9 Å². The van der Waals surface area contributed by atoms with E-state index in [1.54, 1.807) is 12.1 Å². The molecule has 0 spiro atoms. The molecule has 0 radical (unpaired) electrons. The van der Waals surface area contributed by atoms with Crippen LogP contribution in [-0.4, -0.2) is 79.5 Å². The summed E-state index contributed by atoms with van der Waals surface area (Å²) in [6, 6.07) is 5.69. The molecule has 1 N–H and O–H groups in total. The summed E-state index contributed by atoms with van der Waals surface area (Å²) in [4.78, 5) is 55.2. The van der Waals surface area contributed by atoms with Crippen molar-refractivity contribution in [3.63, 3.8) is 0 Å². The number of methoxy groups -OCH3 is 1. The van der Waals surface area contributed by atoms with E-state index in [0.29, 0.717) is 71.2 Å². The number of carbonyl (C=O) groups is 4. The molecule has 1 aliphatic carbocycles. The van der Waals surface area contributed by atoms with Crippen molar-refractivity contribution in [2.75, 3.05) is 44.7 Å². The van der Waals surface area contributed by atoms with Gasteiger partial charge < -0.3 is 19.9 Å². The molecule has 3 atom stereocenters. The summed E-state index contributed by atoms with van der Waals surface area (Å²) in [6.07, 6.45) is 4.11. The molecule has 0 bridgehead atoms. The van der Waals surface area contributed by atoms with Gasteiger partial charge in [0.2, 0.25) is 11.8 Å². The number of fused-ring (bicyclic) bond motifs is 1. The van der Waals surface area contributed by atoms with Gasteiger partial charge in [0.15, 0.2) is 0 Å². The van der Waals surface area contributed by atoms with Crippen molar-refractivity contribution in [3.8, 4) is 0 Å². The standard InChI is InChI=1S/C26H35FN4O5/c1-36-25(34)18-6-11-21-22(17-18)28-26(35)31(24(21)33)12-4-2-3-5-23(32)30-15-13-29(14-16-30)20-9-7-19(27)8-10-20/h7-10,18,21-22H,2-6,11-17H2,1H3,(H,28,35). The first-order valence-electron chi connectivity index (χ1n) is 12.9. The van der Waals surface area contributed by atoms with Crippen LogP contribution in [-0.2, 0) is 19.1 Å². The van der Waals surface area contributed by atoms with Crippen LogP contribution in [0.2, 0.25) is 0 Å².